The van der Waals surface area contributed by atoms with Crippen molar-refractivity contribution >= 4 is 61.9 Å². The Balaban J connectivity index is 1.20. The minimum absolute atomic E-state index is 0.0687. The molecule has 6 nitrogen and oxygen atoms in total. The Morgan fingerprint density at radius 1 is 1.16 bits per heavy atom. The molecule has 3 heterocycles. The third-order valence-electron chi connectivity index (χ3n) is 6.93. The van der Waals surface area contributed by atoms with Crippen LogP contribution in [-0.4, -0.2) is 34.3 Å². The molecule has 0 atom stereocenters. The van der Waals surface area contributed by atoms with Crippen LogP contribution in [0.25, 0.3) is 27.6 Å². The topological polar surface area (TPSA) is 79.5 Å². The number of halogens is 3. The molecule has 2 aromatic heterocycles. The highest BCUT2D eigenvalue weighted by atomic mass is 35.5. The number of rotatable bonds is 6. The Morgan fingerprint density at radius 3 is 2.57 bits per heavy atom. The highest BCUT2D eigenvalue weighted by molar-refractivity contribution is 7.22. The van der Waals surface area contributed by atoms with E-state index in [-0.39, 0.29) is 11.1 Å². The zero-order valence-corrected chi connectivity index (χ0v) is 21.9. The van der Waals surface area contributed by atoms with Crippen LogP contribution in [0.15, 0.2) is 40.9 Å². The molecule has 2 aromatic carbocycles. The highest BCUT2D eigenvalue weighted by Gasteiger charge is 2.33. The third-order valence-corrected chi connectivity index (χ3v) is 8.63. The summed E-state index contributed by atoms with van der Waals surface area (Å²) in [5.74, 6) is -0.148. The largest absolute Gasteiger partial charge is 0.478 e. The van der Waals surface area contributed by atoms with Crippen molar-refractivity contribution in [2.45, 2.75) is 31.6 Å². The fraction of sp³-hybridized carbons (Fsp3) is 0.296. The first-order valence-corrected chi connectivity index (χ1v) is 13.7. The molecule has 0 bridgehead atoms. The molecular formula is C27H22Cl2FN3O3S. The van der Waals surface area contributed by atoms with Crippen molar-refractivity contribution in [2.75, 3.05) is 18.0 Å². The van der Waals surface area contributed by atoms with E-state index in [4.69, 9.17) is 27.7 Å². The predicted octanol–water partition coefficient (Wildman–Crippen LogP) is 7.90. The molecule has 0 spiro atoms. The average molecular weight is 558 g/mol. The number of piperidine rings is 1. The van der Waals surface area contributed by atoms with Gasteiger partial charge in [0.1, 0.15) is 17.0 Å². The second-order valence-electron chi connectivity index (χ2n) is 9.47. The minimum atomic E-state index is -1.15. The molecule has 1 saturated heterocycles. The van der Waals surface area contributed by atoms with Crippen LogP contribution in [0.2, 0.25) is 10.0 Å². The molecule has 0 unspecified atom stereocenters. The quantitative estimate of drug-likeness (QED) is 0.259. The van der Waals surface area contributed by atoms with Gasteiger partial charge in [0, 0.05) is 30.1 Å². The summed E-state index contributed by atoms with van der Waals surface area (Å²) in [6.07, 6.45) is 8.28. The molecule has 1 aliphatic carbocycles. The molecule has 1 saturated carbocycles. The minimum Gasteiger partial charge on any atom is -0.478 e. The van der Waals surface area contributed by atoms with Gasteiger partial charge in [0.25, 0.3) is 0 Å². The molecular weight excluding hydrogens is 536 g/mol. The standard InChI is InChI=1S/C27H22Cl2FN3O3S/c28-18-2-1-3-19(29)22(18)23-17(25(36-32-23)15-5-6-15)7-4-14-8-10-33(11-9-14)27-31-24-20(30)12-16(26(34)35)13-21(24)37-27/h1-4,7,12-15H,5-6,8-11H2,(H,34,35)/b7-4-. The van der Waals surface area contributed by atoms with Crippen LogP contribution in [0.4, 0.5) is 9.52 Å². The number of thiazole rings is 1. The van der Waals surface area contributed by atoms with E-state index in [1.807, 2.05) is 6.07 Å². The van der Waals surface area contributed by atoms with Gasteiger partial charge in [-0.05, 0) is 55.9 Å². The van der Waals surface area contributed by atoms with Gasteiger partial charge in [-0.2, -0.15) is 0 Å². The van der Waals surface area contributed by atoms with Gasteiger partial charge >= 0.3 is 5.97 Å². The van der Waals surface area contributed by atoms with Crippen molar-refractivity contribution < 1.29 is 18.8 Å². The number of allylic oxidation sites excluding steroid dienone is 1. The van der Waals surface area contributed by atoms with Crippen molar-refractivity contribution in [1.82, 2.24) is 10.1 Å². The third kappa shape index (κ3) is 4.74. The molecule has 6 rings (SSSR count). The fourth-order valence-electron chi connectivity index (χ4n) is 4.77. The Morgan fingerprint density at radius 2 is 1.89 bits per heavy atom. The molecule has 1 N–H and O–H groups in total. The first-order valence-electron chi connectivity index (χ1n) is 12.1. The Labute approximate surface area is 226 Å². The van der Waals surface area contributed by atoms with Crippen LogP contribution >= 0.6 is 34.5 Å². The summed E-state index contributed by atoms with van der Waals surface area (Å²) in [6, 6.07) is 7.92. The zero-order chi connectivity index (χ0) is 25.7. The van der Waals surface area contributed by atoms with Gasteiger partial charge in [-0.15, -0.1) is 0 Å². The Bertz CT molecular complexity index is 1520. The van der Waals surface area contributed by atoms with Gasteiger partial charge in [0.05, 0.1) is 20.3 Å². The van der Waals surface area contributed by atoms with Gasteiger partial charge in [-0.1, -0.05) is 57.9 Å². The molecule has 37 heavy (non-hydrogen) atoms. The van der Waals surface area contributed by atoms with E-state index in [2.05, 4.69) is 27.2 Å². The zero-order valence-electron chi connectivity index (χ0n) is 19.6. The number of fused-ring (bicyclic) bond motifs is 1. The van der Waals surface area contributed by atoms with E-state index in [1.165, 1.54) is 17.4 Å². The summed E-state index contributed by atoms with van der Waals surface area (Å²) < 4.78 is 20.7. The number of aromatic carboxylic acids is 1. The lowest BCUT2D eigenvalue weighted by Crippen LogP contribution is -2.32. The van der Waals surface area contributed by atoms with Gasteiger partial charge in [0.2, 0.25) is 0 Å². The van der Waals surface area contributed by atoms with Gasteiger partial charge < -0.3 is 14.5 Å². The lowest BCUT2D eigenvalue weighted by atomic mass is 9.95. The molecule has 190 valence electrons. The van der Waals surface area contributed by atoms with Crippen LogP contribution in [0.5, 0.6) is 0 Å². The highest BCUT2D eigenvalue weighted by Crippen LogP contribution is 2.46. The monoisotopic (exact) mass is 557 g/mol. The van der Waals surface area contributed by atoms with E-state index in [0.29, 0.717) is 43.0 Å². The number of carbonyl (C=O) groups is 1. The Kier molecular flexibility index (Phi) is 6.42. The summed E-state index contributed by atoms with van der Waals surface area (Å²) in [6.45, 7) is 1.54. The van der Waals surface area contributed by atoms with Crippen molar-refractivity contribution in [1.29, 1.82) is 0 Å². The maximum absolute atomic E-state index is 14.4. The van der Waals surface area contributed by atoms with E-state index >= 15 is 0 Å². The van der Waals surface area contributed by atoms with E-state index in [1.54, 1.807) is 12.1 Å². The molecule has 0 radical (unpaired) electrons. The molecule has 0 amide bonds. The maximum atomic E-state index is 14.4. The number of carboxylic acids is 1. The number of aromatic nitrogens is 2. The smallest absolute Gasteiger partial charge is 0.335 e. The SMILES string of the molecule is O=C(O)c1cc(F)c2nc(N3CCC(/C=C\c4c(-c5c(Cl)cccc5Cl)noc4C4CC4)CC3)sc2c1. The van der Waals surface area contributed by atoms with E-state index < -0.39 is 11.8 Å². The number of nitrogens with zero attached hydrogens (tertiary/aromatic N) is 3. The maximum Gasteiger partial charge on any atom is 0.335 e. The Hall–Kier alpha value is -2.94. The number of hydrogen-bond acceptors (Lipinski definition) is 6. The normalized spacial score (nSPS) is 16.8. The molecule has 1 aliphatic heterocycles. The van der Waals surface area contributed by atoms with Crippen LogP contribution < -0.4 is 4.90 Å². The van der Waals surface area contributed by atoms with Crippen LogP contribution in [0, 0.1) is 11.7 Å². The fourth-order valence-corrected chi connectivity index (χ4v) is 6.41. The first kappa shape index (κ1) is 24.4. The molecule has 10 heteroatoms. The molecule has 2 fully saturated rings. The predicted molar refractivity (Wildman–Crippen MR) is 144 cm³/mol. The number of benzene rings is 2. The van der Waals surface area contributed by atoms with Gasteiger partial charge in [-0.25, -0.2) is 14.2 Å². The lowest BCUT2D eigenvalue weighted by molar-refractivity contribution is 0.0696. The van der Waals surface area contributed by atoms with Crippen molar-refractivity contribution in [2.24, 2.45) is 5.92 Å². The van der Waals surface area contributed by atoms with E-state index in [0.717, 1.165) is 56.2 Å². The summed E-state index contributed by atoms with van der Waals surface area (Å²) in [4.78, 5) is 17.9. The second kappa shape index (κ2) is 9.74. The lowest BCUT2D eigenvalue weighted by Gasteiger charge is -2.30. The van der Waals surface area contributed by atoms with Crippen molar-refractivity contribution in [3.05, 3.63) is 69.2 Å². The van der Waals surface area contributed by atoms with Crippen molar-refractivity contribution in [3.63, 3.8) is 0 Å². The summed E-state index contributed by atoms with van der Waals surface area (Å²) in [5.41, 5.74) is 2.45. The molecule has 2 aliphatic rings. The van der Waals surface area contributed by atoms with E-state index in [9.17, 15) is 14.3 Å². The number of carboxylic acid groups (broad SMARTS) is 1. The summed E-state index contributed by atoms with van der Waals surface area (Å²) >= 11 is 14.3. The first-order chi connectivity index (χ1) is 17.9. The number of anilines is 1. The molecule has 4 aromatic rings. The summed E-state index contributed by atoms with van der Waals surface area (Å²) in [5, 5.41) is 15.3. The second-order valence-corrected chi connectivity index (χ2v) is 11.3. The number of hydrogen-bond donors (Lipinski definition) is 1. The van der Waals surface area contributed by atoms with Gasteiger partial charge in [-0.3, -0.25) is 0 Å². The summed E-state index contributed by atoms with van der Waals surface area (Å²) in [7, 11) is 0. The average Bonchev–Trinajstić information content (AvgIpc) is 3.49. The van der Waals surface area contributed by atoms with Gasteiger partial charge in [0.15, 0.2) is 10.9 Å². The van der Waals surface area contributed by atoms with Crippen LogP contribution in [0.3, 0.4) is 0 Å². The van der Waals surface area contributed by atoms with Crippen LogP contribution in [0.1, 0.15) is 53.3 Å². The van der Waals surface area contributed by atoms with Crippen LogP contribution in [-0.2, 0) is 0 Å². The van der Waals surface area contributed by atoms with Crippen molar-refractivity contribution in [3.8, 4) is 11.3 Å².